The summed E-state index contributed by atoms with van der Waals surface area (Å²) in [4.78, 5) is 11.7. The normalized spacial score (nSPS) is 12.1. The van der Waals surface area contributed by atoms with Gasteiger partial charge in [-0.2, -0.15) is 0 Å². The molecule has 0 bridgehead atoms. The zero-order valence-electron chi connectivity index (χ0n) is 11.6. The van der Waals surface area contributed by atoms with Gasteiger partial charge >= 0.3 is 0 Å². The lowest BCUT2D eigenvalue weighted by molar-refractivity contribution is -0.479. The van der Waals surface area contributed by atoms with Crippen LogP contribution in [0.4, 0.5) is 0 Å². The number of benzene rings is 2. The molecule has 1 atom stereocenters. The Morgan fingerprint density at radius 2 is 1.50 bits per heavy atom. The van der Waals surface area contributed by atoms with Crippen molar-refractivity contribution in [1.82, 2.24) is 0 Å². The maximum atomic E-state index is 10.9. The van der Waals surface area contributed by atoms with Crippen molar-refractivity contribution in [3.8, 4) is 0 Å². The van der Waals surface area contributed by atoms with E-state index < -0.39 is 0 Å². The fraction of sp³-hybridized carbons (Fsp3) is 0.250. The molecule has 0 radical (unpaired) electrons. The standard InChI is InChI=1S/C16H17NO2S/c1-12-3-7-14(8-4-12)16(11-17(18)19)20-15-9-5-13(2)6-10-15/h3-10,16H,11H2,1-2H3. The van der Waals surface area contributed by atoms with Gasteiger partial charge < -0.3 is 0 Å². The Balaban J connectivity index is 2.21. The van der Waals surface area contributed by atoms with E-state index in [0.29, 0.717) is 0 Å². The Bertz CT molecular complexity index is 578. The van der Waals surface area contributed by atoms with Gasteiger partial charge in [0.2, 0.25) is 6.54 Å². The first-order chi connectivity index (χ1) is 9.54. The molecule has 2 aromatic rings. The number of rotatable bonds is 5. The zero-order valence-corrected chi connectivity index (χ0v) is 12.4. The number of nitrogens with zero attached hydrogens (tertiary/aromatic N) is 1. The molecule has 0 heterocycles. The molecule has 4 heteroatoms. The van der Waals surface area contributed by atoms with Crippen molar-refractivity contribution in [3.63, 3.8) is 0 Å². The molecule has 0 saturated carbocycles. The second-order valence-electron chi connectivity index (χ2n) is 4.85. The quantitative estimate of drug-likeness (QED) is 0.464. The van der Waals surface area contributed by atoms with E-state index in [4.69, 9.17) is 0 Å². The summed E-state index contributed by atoms with van der Waals surface area (Å²) < 4.78 is 0. The van der Waals surface area contributed by atoms with E-state index in [9.17, 15) is 10.1 Å². The molecule has 2 aromatic carbocycles. The Morgan fingerprint density at radius 1 is 1.00 bits per heavy atom. The minimum Gasteiger partial charge on any atom is -0.264 e. The predicted molar refractivity (Wildman–Crippen MR) is 82.8 cm³/mol. The third-order valence-electron chi connectivity index (χ3n) is 3.06. The van der Waals surface area contributed by atoms with Gasteiger partial charge in [0.25, 0.3) is 0 Å². The summed E-state index contributed by atoms with van der Waals surface area (Å²) in [7, 11) is 0. The van der Waals surface area contributed by atoms with Gasteiger partial charge in [-0.3, -0.25) is 10.1 Å². The van der Waals surface area contributed by atoms with E-state index in [1.54, 1.807) is 11.8 Å². The molecule has 0 fully saturated rings. The highest BCUT2D eigenvalue weighted by Gasteiger charge is 2.19. The monoisotopic (exact) mass is 287 g/mol. The first kappa shape index (κ1) is 14.6. The largest absolute Gasteiger partial charge is 0.264 e. The van der Waals surface area contributed by atoms with E-state index >= 15 is 0 Å². The smallest absolute Gasteiger partial charge is 0.220 e. The van der Waals surface area contributed by atoms with Crippen LogP contribution < -0.4 is 0 Å². The molecular weight excluding hydrogens is 270 g/mol. The van der Waals surface area contributed by atoms with Crippen molar-refractivity contribution in [2.75, 3.05) is 6.54 Å². The second kappa shape index (κ2) is 6.57. The summed E-state index contributed by atoms with van der Waals surface area (Å²) in [6.45, 7) is 3.98. The fourth-order valence-electron chi connectivity index (χ4n) is 1.91. The fourth-order valence-corrected chi connectivity index (χ4v) is 3.02. The molecule has 0 aliphatic heterocycles. The Hall–Kier alpha value is -1.81. The molecule has 0 aliphatic rings. The highest BCUT2D eigenvalue weighted by Crippen LogP contribution is 2.35. The molecular formula is C16H17NO2S. The van der Waals surface area contributed by atoms with Gasteiger partial charge in [0.1, 0.15) is 0 Å². The topological polar surface area (TPSA) is 43.1 Å². The summed E-state index contributed by atoms with van der Waals surface area (Å²) in [6.07, 6.45) is 0. The minimum atomic E-state index is -0.244. The lowest BCUT2D eigenvalue weighted by Gasteiger charge is -2.13. The van der Waals surface area contributed by atoms with Crippen LogP contribution in [0, 0.1) is 24.0 Å². The predicted octanol–water partition coefficient (Wildman–Crippen LogP) is 4.41. The summed E-state index contributed by atoms with van der Waals surface area (Å²) >= 11 is 1.54. The maximum Gasteiger partial charge on any atom is 0.220 e. The van der Waals surface area contributed by atoms with Crippen LogP contribution in [0.2, 0.25) is 0 Å². The highest BCUT2D eigenvalue weighted by atomic mass is 32.2. The molecule has 0 amide bonds. The molecule has 0 spiro atoms. The van der Waals surface area contributed by atoms with Crippen LogP contribution in [0.25, 0.3) is 0 Å². The van der Waals surface area contributed by atoms with Crippen molar-refractivity contribution < 1.29 is 4.92 Å². The van der Waals surface area contributed by atoms with Crippen molar-refractivity contribution >= 4 is 11.8 Å². The summed E-state index contributed by atoms with van der Waals surface area (Å²) in [5, 5.41) is 10.7. The molecule has 3 nitrogen and oxygen atoms in total. The SMILES string of the molecule is Cc1ccc(SC(C[N+](=O)[O-])c2ccc(C)cc2)cc1. The number of aryl methyl sites for hydroxylation is 2. The van der Waals surface area contributed by atoms with Crippen LogP contribution in [0.5, 0.6) is 0 Å². The van der Waals surface area contributed by atoms with Crippen molar-refractivity contribution in [3.05, 3.63) is 75.3 Å². The van der Waals surface area contributed by atoms with Gasteiger partial charge in [-0.05, 0) is 31.5 Å². The van der Waals surface area contributed by atoms with Crippen LogP contribution >= 0.6 is 11.8 Å². The zero-order chi connectivity index (χ0) is 14.5. The third-order valence-corrected chi connectivity index (χ3v) is 4.31. The second-order valence-corrected chi connectivity index (χ2v) is 6.12. The first-order valence-corrected chi connectivity index (χ1v) is 7.34. The van der Waals surface area contributed by atoms with E-state index in [-0.39, 0.29) is 16.7 Å². The van der Waals surface area contributed by atoms with E-state index in [1.807, 2.05) is 62.4 Å². The van der Waals surface area contributed by atoms with E-state index in [2.05, 4.69) is 0 Å². The maximum absolute atomic E-state index is 10.9. The summed E-state index contributed by atoms with van der Waals surface area (Å²) in [5.74, 6) is 0. The van der Waals surface area contributed by atoms with Crippen LogP contribution in [-0.2, 0) is 0 Å². The number of hydrogen-bond acceptors (Lipinski definition) is 3. The average molecular weight is 287 g/mol. The lowest BCUT2D eigenvalue weighted by Crippen LogP contribution is -2.09. The lowest BCUT2D eigenvalue weighted by atomic mass is 10.1. The van der Waals surface area contributed by atoms with E-state index in [1.165, 1.54) is 5.56 Å². The average Bonchev–Trinajstić information content (AvgIpc) is 2.41. The van der Waals surface area contributed by atoms with Gasteiger partial charge in [0.15, 0.2) is 0 Å². The van der Waals surface area contributed by atoms with Crippen LogP contribution in [0.15, 0.2) is 53.4 Å². The van der Waals surface area contributed by atoms with Gasteiger partial charge in [0, 0.05) is 9.82 Å². The Kier molecular flexibility index (Phi) is 4.79. The minimum absolute atomic E-state index is 0.0679. The summed E-state index contributed by atoms with van der Waals surface area (Å²) in [6, 6.07) is 16.0. The summed E-state index contributed by atoms with van der Waals surface area (Å²) in [5.41, 5.74) is 3.35. The van der Waals surface area contributed by atoms with Gasteiger partial charge in [0.05, 0.1) is 5.25 Å². The Labute approximate surface area is 123 Å². The third kappa shape index (κ3) is 4.10. The molecule has 0 saturated heterocycles. The highest BCUT2D eigenvalue weighted by molar-refractivity contribution is 7.99. The molecule has 20 heavy (non-hydrogen) atoms. The molecule has 1 unspecified atom stereocenters. The molecule has 0 aliphatic carbocycles. The van der Waals surface area contributed by atoms with Gasteiger partial charge in [-0.1, -0.05) is 47.5 Å². The molecule has 0 aromatic heterocycles. The van der Waals surface area contributed by atoms with E-state index in [0.717, 1.165) is 16.0 Å². The van der Waals surface area contributed by atoms with Crippen molar-refractivity contribution in [2.24, 2.45) is 0 Å². The Morgan fingerprint density at radius 3 is 2.00 bits per heavy atom. The van der Waals surface area contributed by atoms with Crippen molar-refractivity contribution in [1.29, 1.82) is 0 Å². The number of nitro groups is 1. The number of hydrogen-bond donors (Lipinski definition) is 0. The van der Waals surface area contributed by atoms with Gasteiger partial charge in [-0.25, -0.2) is 0 Å². The van der Waals surface area contributed by atoms with Crippen LogP contribution in [-0.4, -0.2) is 11.5 Å². The molecule has 2 rings (SSSR count). The first-order valence-electron chi connectivity index (χ1n) is 6.46. The van der Waals surface area contributed by atoms with Crippen LogP contribution in [0.1, 0.15) is 21.9 Å². The van der Waals surface area contributed by atoms with Crippen LogP contribution in [0.3, 0.4) is 0 Å². The van der Waals surface area contributed by atoms with Gasteiger partial charge in [-0.15, -0.1) is 11.8 Å². The number of thioether (sulfide) groups is 1. The van der Waals surface area contributed by atoms with Crippen molar-refractivity contribution in [2.45, 2.75) is 24.0 Å². The molecule has 0 N–H and O–H groups in total. The molecule has 104 valence electrons.